The maximum atomic E-state index is 11.0. The van der Waals surface area contributed by atoms with Crippen molar-refractivity contribution in [3.05, 3.63) is 52.8 Å². The van der Waals surface area contributed by atoms with Gasteiger partial charge in [-0.1, -0.05) is 23.7 Å². The van der Waals surface area contributed by atoms with Crippen molar-refractivity contribution in [3.8, 4) is 11.3 Å². The van der Waals surface area contributed by atoms with Crippen LogP contribution in [0.3, 0.4) is 0 Å². The van der Waals surface area contributed by atoms with Gasteiger partial charge in [0.05, 0.1) is 6.20 Å². The van der Waals surface area contributed by atoms with Gasteiger partial charge in [0.2, 0.25) is 5.82 Å². The summed E-state index contributed by atoms with van der Waals surface area (Å²) in [4.78, 5) is 19.3. The fourth-order valence-electron chi connectivity index (χ4n) is 1.78. The minimum atomic E-state index is 0.259. The average Bonchev–Trinajstić information content (AvgIpc) is 2.78. The van der Waals surface area contributed by atoms with Crippen molar-refractivity contribution in [1.29, 1.82) is 0 Å². The van der Waals surface area contributed by atoms with E-state index >= 15 is 0 Å². The Bertz CT molecular complexity index is 721. The number of halogens is 1. The van der Waals surface area contributed by atoms with Gasteiger partial charge in [0.1, 0.15) is 5.69 Å². The third-order valence-electron chi connectivity index (χ3n) is 2.61. The number of hydrogen-bond acceptors (Lipinski definition) is 4. The van der Waals surface area contributed by atoms with E-state index in [1.165, 1.54) is 0 Å². The van der Waals surface area contributed by atoms with Gasteiger partial charge >= 0.3 is 0 Å². The molecule has 18 heavy (non-hydrogen) atoms. The lowest BCUT2D eigenvalue weighted by molar-refractivity contribution is 1.11. The molecule has 5 nitrogen and oxygen atoms in total. The standard InChI is InChI=1S/C12H7ClN4O/c13-9-3-1-8(2-4-9)11-12(16-18)17-6-5-14-7-10(17)15-11/h1-7H. The Hall–Kier alpha value is -2.27. The van der Waals surface area contributed by atoms with Crippen LogP contribution in [-0.2, 0) is 0 Å². The van der Waals surface area contributed by atoms with Crippen LogP contribution in [-0.4, -0.2) is 14.4 Å². The third kappa shape index (κ3) is 1.65. The predicted octanol–water partition coefficient (Wildman–Crippen LogP) is 3.45. The number of nitrogens with zero attached hydrogens (tertiary/aromatic N) is 4. The summed E-state index contributed by atoms with van der Waals surface area (Å²) in [6, 6.07) is 7.08. The van der Waals surface area contributed by atoms with Crippen molar-refractivity contribution in [2.24, 2.45) is 5.18 Å². The van der Waals surface area contributed by atoms with Gasteiger partial charge in [-0.15, -0.1) is 4.91 Å². The number of fused-ring (bicyclic) bond motifs is 1. The first-order chi connectivity index (χ1) is 8.79. The zero-order valence-electron chi connectivity index (χ0n) is 9.12. The molecule has 0 saturated heterocycles. The fourth-order valence-corrected chi connectivity index (χ4v) is 1.91. The Morgan fingerprint density at radius 3 is 2.72 bits per heavy atom. The zero-order valence-corrected chi connectivity index (χ0v) is 9.87. The molecule has 1 aromatic carbocycles. The summed E-state index contributed by atoms with van der Waals surface area (Å²) in [5, 5.41) is 3.68. The Morgan fingerprint density at radius 2 is 2.00 bits per heavy atom. The lowest BCUT2D eigenvalue weighted by Crippen LogP contribution is -1.83. The topological polar surface area (TPSA) is 59.6 Å². The Kier molecular flexibility index (Phi) is 2.53. The van der Waals surface area contributed by atoms with Gasteiger partial charge in [-0.3, -0.25) is 9.38 Å². The van der Waals surface area contributed by atoms with Gasteiger partial charge in [-0.05, 0) is 17.3 Å². The van der Waals surface area contributed by atoms with Crippen LogP contribution < -0.4 is 0 Å². The van der Waals surface area contributed by atoms with Crippen molar-refractivity contribution < 1.29 is 0 Å². The minimum absolute atomic E-state index is 0.259. The van der Waals surface area contributed by atoms with E-state index < -0.39 is 0 Å². The molecule has 0 N–H and O–H groups in total. The Morgan fingerprint density at radius 1 is 1.22 bits per heavy atom. The molecule has 3 aromatic rings. The SMILES string of the molecule is O=Nc1c(-c2ccc(Cl)cc2)nc2cnccn12. The summed E-state index contributed by atoms with van der Waals surface area (Å²) in [6.07, 6.45) is 4.81. The summed E-state index contributed by atoms with van der Waals surface area (Å²) >= 11 is 5.83. The van der Waals surface area contributed by atoms with Gasteiger partial charge in [0.15, 0.2) is 5.65 Å². The smallest absolute Gasteiger partial charge is 0.209 e. The van der Waals surface area contributed by atoms with E-state index in [-0.39, 0.29) is 5.82 Å². The van der Waals surface area contributed by atoms with E-state index in [9.17, 15) is 4.91 Å². The van der Waals surface area contributed by atoms with E-state index in [0.717, 1.165) is 5.56 Å². The van der Waals surface area contributed by atoms with E-state index in [0.29, 0.717) is 16.4 Å². The second-order valence-corrected chi connectivity index (χ2v) is 4.12. The summed E-state index contributed by atoms with van der Waals surface area (Å²) in [5.74, 6) is 0.259. The largest absolute Gasteiger partial charge is 0.278 e. The summed E-state index contributed by atoms with van der Waals surface area (Å²) in [5.41, 5.74) is 1.89. The normalized spacial score (nSPS) is 10.7. The molecule has 0 saturated carbocycles. The van der Waals surface area contributed by atoms with E-state index in [2.05, 4.69) is 15.1 Å². The number of nitroso groups, excluding NO2 is 1. The van der Waals surface area contributed by atoms with Crippen molar-refractivity contribution >= 4 is 23.1 Å². The summed E-state index contributed by atoms with van der Waals surface area (Å²) in [7, 11) is 0. The van der Waals surface area contributed by atoms with Crippen molar-refractivity contribution in [1.82, 2.24) is 14.4 Å². The number of hydrogen-bond donors (Lipinski definition) is 0. The maximum Gasteiger partial charge on any atom is 0.209 e. The third-order valence-corrected chi connectivity index (χ3v) is 2.86. The Balaban J connectivity index is 2.28. The highest BCUT2D eigenvalue weighted by Crippen LogP contribution is 2.30. The molecule has 2 heterocycles. The summed E-state index contributed by atoms with van der Waals surface area (Å²) < 4.78 is 1.60. The predicted molar refractivity (Wildman–Crippen MR) is 68.9 cm³/mol. The van der Waals surface area contributed by atoms with E-state index in [1.54, 1.807) is 47.3 Å². The van der Waals surface area contributed by atoms with Crippen LogP contribution in [0, 0.1) is 4.91 Å². The molecule has 0 fully saturated rings. The first-order valence-electron chi connectivity index (χ1n) is 5.21. The van der Waals surface area contributed by atoms with Crippen LogP contribution in [0.5, 0.6) is 0 Å². The van der Waals surface area contributed by atoms with Crippen LogP contribution in [0.2, 0.25) is 5.02 Å². The second kappa shape index (κ2) is 4.19. The quantitative estimate of drug-likeness (QED) is 0.662. The van der Waals surface area contributed by atoms with Crippen LogP contribution in [0.15, 0.2) is 48.0 Å². The van der Waals surface area contributed by atoms with Crippen molar-refractivity contribution in [2.75, 3.05) is 0 Å². The molecule has 88 valence electrons. The highest BCUT2D eigenvalue weighted by Gasteiger charge is 2.14. The fraction of sp³-hybridized carbons (Fsp3) is 0. The Labute approximate surface area is 107 Å². The molecule has 2 aromatic heterocycles. The van der Waals surface area contributed by atoms with Crippen LogP contribution in [0.4, 0.5) is 5.82 Å². The molecule has 0 bridgehead atoms. The number of aromatic nitrogens is 3. The highest BCUT2D eigenvalue weighted by atomic mass is 35.5. The van der Waals surface area contributed by atoms with Crippen molar-refractivity contribution in [2.45, 2.75) is 0 Å². The highest BCUT2D eigenvalue weighted by molar-refractivity contribution is 6.30. The molecule has 3 rings (SSSR count). The number of benzene rings is 1. The lowest BCUT2D eigenvalue weighted by Gasteiger charge is -1.97. The second-order valence-electron chi connectivity index (χ2n) is 3.69. The number of rotatable bonds is 2. The molecular weight excluding hydrogens is 252 g/mol. The van der Waals surface area contributed by atoms with E-state index in [4.69, 9.17) is 11.6 Å². The van der Waals surface area contributed by atoms with Gasteiger partial charge in [0, 0.05) is 23.0 Å². The van der Waals surface area contributed by atoms with Gasteiger partial charge in [0.25, 0.3) is 0 Å². The molecule has 0 amide bonds. The molecule has 0 radical (unpaired) electrons. The lowest BCUT2D eigenvalue weighted by atomic mass is 10.1. The molecule has 0 aliphatic heterocycles. The molecular formula is C12H7ClN4O. The van der Waals surface area contributed by atoms with E-state index in [1.807, 2.05) is 0 Å². The molecule has 0 spiro atoms. The van der Waals surface area contributed by atoms with Gasteiger partial charge in [-0.2, -0.15) is 0 Å². The van der Waals surface area contributed by atoms with Crippen LogP contribution in [0.25, 0.3) is 16.9 Å². The molecule has 0 atom stereocenters. The zero-order chi connectivity index (χ0) is 12.5. The number of imidazole rings is 1. The maximum absolute atomic E-state index is 11.0. The van der Waals surface area contributed by atoms with Crippen LogP contribution >= 0.6 is 11.6 Å². The van der Waals surface area contributed by atoms with Crippen molar-refractivity contribution in [3.63, 3.8) is 0 Å². The molecule has 0 unspecified atom stereocenters. The van der Waals surface area contributed by atoms with Crippen LogP contribution in [0.1, 0.15) is 0 Å². The van der Waals surface area contributed by atoms with Gasteiger partial charge < -0.3 is 0 Å². The summed E-state index contributed by atoms with van der Waals surface area (Å²) in [6.45, 7) is 0. The van der Waals surface area contributed by atoms with Gasteiger partial charge in [-0.25, -0.2) is 4.98 Å². The monoisotopic (exact) mass is 258 g/mol. The molecule has 0 aliphatic rings. The first kappa shape index (κ1) is 10.9. The molecule has 0 aliphatic carbocycles. The minimum Gasteiger partial charge on any atom is -0.278 e. The molecule has 6 heteroatoms. The average molecular weight is 259 g/mol. The first-order valence-corrected chi connectivity index (χ1v) is 5.59.